The number of nitrogens with one attached hydrogen (secondary N) is 1. The van der Waals surface area contributed by atoms with Gasteiger partial charge in [-0.3, -0.25) is 0 Å². The highest BCUT2D eigenvalue weighted by atomic mass is 16.5. The number of benzene rings is 1. The van der Waals surface area contributed by atoms with Crippen LogP contribution >= 0.6 is 0 Å². The number of carbonyl (C=O) groups is 1. The third kappa shape index (κ3) is 3.51. The van der Waals surface area contributed by atoms with Crippen LogP contribution in [0.5, 0.6) is 0 Å². The van der Waals surface area contributed by atoms with Crippen LogP contribution in [0, 0.1) is 5.92 Å². The lowest BCUT2D eigenvalue weighted by Crippen LogP contribution is -2.34. The number of urea groups is 1. The predicted octanol–water partition coefficient (Wildman–Crippen LogP) is 2.85. The molecule has 132 valence electrons. The van der Waals surface area contributed by atoms with Crippen LogP contribution in [0.4, 0.5) is 10.5 Å². The van der Waals surface area contributed by atoms with Crippen LogP contribution in [0.2, 0.25) is 0 Å². The van der Waals surface area contributed by atoms with Crippen LogP contribution < -0.4 is 5.32 Å². The van der Waals surface area contributed by atoms with Gasteiger partial charge in [-0.1, -0.05) is 17.3 Å². The van der Waals surface area contributed by atoms with Gasteiger partial charge in [0.1, 0.15) is 0 Å². The molecule has 1 aliphatic heterocycles. The van der Waals surface area contributed by atoms with Crippen LogP contribution in [0.15, 0.2) is 28.8 Å². The molecule has 7 heteroatoms. The van der Waals surface area contributed by atoms with Crippen molar-refractivity contribution in [2.24, 2.45) is 5.92 Å². The number of aliphatic hydroxyl groups excluding tert-OH is 1. The number of rotatable bonds is 4. The number of likely N-dealkylation sites (tertiary alicyclic amines) is 1. The molecule has 2 aromatic rings. The maximum absolute atomic E-state index is 12.4. The second-order valence-corrected chi connectivity index (χ2v) is 6.98. The van der Waals surface area contributed by atoms with Crippen molar-refractivity contribution >= 4 is 11.7 Å². The maximum atomic E-state index is 12.4. The van der Waals surface area contributed by atoms with E-state index in [0.29, 0.717) is 36.4 Å². The molecule has 2 amide bonds. The van der Waals surface area contributed by atoms with E-state index in [9.17, 15) is 9.90 Å². The van der Waals surface area contributed by atoms with E-state index < -0.39 is 0 Å². The van der Waals surface area contributed by atoms with Crippen molar-refractivity contribution in [1.29, 1.82) is 0 Å². The molecular weight excluding hydrogens is 320 g/mol. The second kappa shape index (κ2) is 6.48. The average Bonchev–Trinajstić information content (AvgIpc) is 3.13. The summed E-state index contributed by atoms with van der Waals surface area (Å²) in [6.45, 7) is 3.02. The lowest BCUT2D eigenvalue weighted by molar-refractivity contribution is 0.130. The molecule has 1 saturated carbocycles. The minimum atomic E-state index is -0.389. The van der Waals surface area contributed by atoms with Crippen LogP contribution in [-0.4, -0.2) is 45.4 Å². The maximum Gasteiger partial charge on any atom is 0.321 e. The first-order valence-electron chi connectivity index (χ1n) is 8.78. The number of hydrogen-bond acceptors (Lipinski definition) is 5. The molecule has 2 aliphatic rings. The van der Waals surface area contributed by atoms with Crippen molar-refractivity contribution in [3.05, 3.63) is 30.2 Å². The molecule has 0 bridgehead atoms. The molecule has 1 aromatic heterocycles. The van der Waals surface area contributed by atoms with Gasteiger partial charge in [0.15, 0.2) is 0 Å². The molecule has 1 saturated heterocycles. The lowest BCUT2D eigenvalue weighted by atomic mass is 10.0. The standard InChI is InChI=1S/C18H22N4O3/c1-11(23)14-7-8-22(10-14)18(24)19-15-4-2-3-13(9-15)16-20-17(25-21-16)12-5-6-12/h2-4,9,11-12,14,23H,5-8,10H2,1H3,(H,19,24). The van der Waals surface area contributed by atoms with Gasteiger partial charge in [0.2, 0.25) is 11.7 Å². The third-order valence-electron chi connectivity index (χ3n) is 4.93. The summed E-state index contributed by atoms with van der Waals surface area (Å²) in [5, 5.41) is 16.6. The number of hydrogen-bond donors (Lipinski definition) is 2. The zero-order chi connectivity index (χ0) is 17.4. The molecule has 2 unspecified atom stereocenters. The average molecular weight is 342 g/mol. The first-order chi connectivity index (χ1) is 12.1. The van der Waals surface area contributed by atoms with Gasteiger partial charge in [0.25, 0.3) is 0 Å². The first-order valence-corrected chi connectivity index (χ1v) is 8.78. The SMILES string of the molecule is CC(O)C1CCN(C(=O)Nc2cccc(-c3noc(C4CC4)n3)c2)C1. The molecule has 25 heavy (non-hydrogen) atoms. The van der Waals surface area contributed by atoms with Crippen LogP contribution in [0.1, 0.15) is 38.0 Å². The number of carbonyl (C=O) groups excluding carboxylic acids is 1. The molecule has 0 radical (unpaired) electrons. The third-order valence-corrected chi connectivity index (χ3v) is 4.93. The molecule has 1 aliphatic carbocycles. The monoisotopic (exact) mass is 342 g/mol. The van der Waals surface area contributed by atoms with E-state index in [2.05, 4.69) is 15.5 Å². The Bertz CT molecular complexity index is 769. The number of aliphatic hydroxyl groups is 1. The Morgan fingerprint density at radius 1 is 1.40 bits per heavy atom. The van der Waals surface area contributed by atoms with Crippen molar-refractivity contribution in [3.8, 4) is 11.4 Å². The van der Waals surface area contributed by atoms with Crippen LogP contribution in [0.25, 0.3) is 11.4 Å². The second-order valence-electron chi connectivity index (χ2n) is 6.98. The largest absolute Gasteiger partial charge is 0.393 e. The van der Waals surface area contributed by atoms with Gasteiger partial charge in [-0.05, 0) is 38.3 Å². The Morgan fingerprint density at radius 2 is 2.24 bits per heavy atom. The summed E-state index contributed by atoms with van der Waals surface area (Å²) < 4.78 is 5.30. The van der Waals surface area contributed by atoms with Gasteiger partial charge < -0.3 is 19.8 Å². The van der Waals surface area contributed by atoms with E-state index in [-0.39, 0.29) is 18.1 Å². The van der Waals surface area contributed by atoms with Crippen molar-refractivity contribution in [3.63, 3.8) is 0 Å². The minimum absolute atomic E-state index is 0.146. The van der Waals surface area contributed by atoms with Gasteiger partial charge in [-0.15, -0.1) is 0 Å². The zero-order valence-corrected chi connectivity index (χ0v) is 14.2. The Morgan fingerprint density at radius 3 is 2.96 bits per heavy atom. The summed E-state index contributed by atoms with van der Waals surface area (Å²) in [5.74, 6) is 1.82. The van der Waals surface area contributed by atoms with Crippen molar-refractivity contribution < 1.29 is 14.4 Å². The van der Waals surface area contributed by atoms with Crippen LogP contribution in [0.3, 0.4) is 0 Å². The Kier molecular flexibility index (Phi) is 4.17. The molecule has 2 fully saturated rings. The minimum Gasteiger partial charge on any atom is -0.393 e. The van der Waals surface area contributed by atoms with E-state index in [1.54, 1.807) is 11.8 Å². The van der Waals surface area contributed by atoms with Gasteiger partial charge in [-0.2, -0.15) is 4.98 Å². The first kappa shape index (κ1) is 16.1. The molecule has 0 spiro atoms. The highest BCUT2D eigenvalue weighted by Gasteiger charge is 2.30. The summed E-state index contributed by atoms with van der Waals surface area (Å²) >= 11 is 0. The van der Waals surface area contributed by atoms with E-state index in [0.717, 1.165) is 24.8 Å². The van der Waals surface area contributed by atoms with E-state index >= 15 is 0 Å². The topological polar surface area (TPSA) is 91.5 Å². The number of nitrogens with zero attached hydrogens (tertiary/aromatic N) is 3. The summed E-state index contributed by atoms with van der Waals surface area (Å²) in [5.41, 5.74) is 1.51. The van der Waals surface area contributed by atoms with Crippen molar-refractivity contribution in [2.75, 3.05) is 18.4 Å². The normalized spacial score (nSPS) is 21.4. The number of aromatic nitrogens is 2. The molecule has 4 rings (SSSR count). The molecule has 7 nitrogen and oxygen atoms in total. The highest BCUT2D eigenvalue weighted by molar-refractivity contribution is 5.90. The molecule has 1 aromatic carbocycles. The van der Waals surface area contributed by atoms with Crippen LogP contribution in [-0.2, 0) is 0 Å². The summed E-state index contributed by atoms with van der Waals surface area (Å²) in [6, 6.07) is 7.30. The summed E-state index contributed by atoms with van der Waals surface area (Å²) in [6.07, 6.45) is 2.67. The lowest BCUT2D eigenvalue weighted by Gasteiger charge is -2.18. The Hall–Kier alpha value is -2.41. The number of anilines is 1. The zero-order valence-electron chi connectivity index (χ0n) is 14.2. The fraction of sp³-hybridized carbons (Fsp3) is 0.500. The molecule has 2 atom stereocenters. The number of amides is 2. The fourth-order valence-electron chi connectivity index (χ4n) is 3.15. The van der Waals surface area contributed by atoms with E-state index in [4.69, 9.17) is 4.52 Å². The van der Waals surface area contributed by atoms with E-state index in [1.165, 1.54) is 0 Å². The van der Waals surface area contributed by atoms with Gasteiger partial charge in [0.05, 0.1) is 6.10 Å². The quantitative estimate of drug-likeness (QED) is 0.891. The molecular formula is C18H22N4O3. The Labute approximate surface area is 146 Å². The summed E-state index contributed by atoms with van der Waals surface area (Å²) in [4.78, 5) is 18.6. The van der Waals surface area contributed by atoms with Gasteiger partial charge in [-0.25, -0.2) is 4.79 Å². The predicted molar refractivity (Wildman–Crippen MR) is 92.1 cm³/mol. The van der Waals surface area contributed by atoms with E-state index in [1.807, 2.05) is 24.3 Å². The van der Waals surface area contributed by atoms with Gasteiger partial charge in [0, 0.05) is 36.2 Å². The Balaban J connectivity index is 1.43. The van der Waals surface area contributed by atoms with Gasteiger partial charge >= 0.3 is 6.03 Å². The molecule has 2 heterocycles. The van der Waals surface area contributed by atoms with Crippen molar-refractivity contribution in [1.82, 2.24) is 15.0 Å². The smallest absolute Gasteiger partial charge is 0.321 e. The highest BCUT2D eigenvalue weighted by Crippen LogP contribution is 2.39. The summed E-state index contributed by atoms with van der Waals surface area (Å²) in [7, 11) is 0. The van der Waals surface area contributed by atoms with Crippen molar-refractivity contribution in [2.45, 2.75) is 38.2 Å². The fourth-order valence-corrected chi connectivity index (χ4v) is 3.15. The molecule has 2 N–H and O–H groups in total.